The molecule has 0 N–H and O–H groups in total. The number of halogens is 6. The van der Waals surface area contributed by atoms with Crippen molar-refractivity contribution in [2.45, 2.75) is 10.9 Å². The molecule has 0 spiro atoms. The molecule has 0 aliphatic carbocycles. The first-order valence-electron chi connectivity index (χ1n) is 4.68. The number of benzene rings is 1. The molecule has 0 unspecified atom stereocenters. The normalized spacial score (nSPS) is 11.5. The summed E-state index contributed by atoms with van der Waals surface area (Å²) in [6.45, 7) is -0.464. The van der Waals surface area contributed by atoms with Gasteiger partial charge >= 0.3 is 6.11 Å². The van der Waals surface area contributed by atoms with Crippen molar-refractivity contribution in [1.82, 2.24) is 0 Å². The third kappa shape index (κ3) is 5.18. The van der Waals surface area contributed by atoms with Crippen molar-refractivity contribution in [3.05, 3.63) is 23.2 Å². The lowest BCUT2D eigenvalue weighted by molar-refractivity contribution is -0.163. The van der Waals surface area contributed by atoms with Crippen molar-refractivity contribution in [1.29, 1.82) is 0 Å². The van der Waals surface area contributed by atoms with Crippen LogP contribution < -0.4 is 9.47 Å². The van der Waals surface area contributed by atoms with Gasteiger partial charge in [-0.3, -0.25) is 4.79 Å². The minimum atomic E-state index is -3.78. The monoisotopic (exact) mass is 352 g/mol. The Morgan fingerprint density at radius 3 is 2.53 bits per heavy atom. The molecule has 106 valence electrons. The summed E-state index contributed by atoms with van der Waals surface area (Å²) in [6.07, 6.45) is -3.78. The third-order valence-electron chi connectivity index (χ3n) is 1.75. The molecule has 1 rings (SSSR count). The zero-order chi connectivity index (χ0) is 14.6. The van der Waals surface area contributed by atoms with Crippen molar-refractivity contribution in [3.8, 4) is 11.5 Å². The van der Waals surface area contributed by atoms with E-state index in [0.717, 1.165) is 6.07 Å². The van der Waals surface area contributed by atoms with Gasteiger partial charge in [0.2, 0.25) is 4.84 Å². The summed E-state index contributed by atoms with van der Waals surface area (Å²) < 4.78 is 35.5. The first-order valence-corrected chi connectivity index (χ1v) is 6.31. The topological polar surface area (TPSA) is 35.5 Å². The highest BCUT2D eigenvalue weighted by Gasteiger charge is 2.40. The molecule has 0 amide bonds. The summed E-state index contributed by atoms with van der Waals surface area (Å²) >= 11 is 20.9. The molecule has 19 heavy (non-hydrogen) atoms. The zero-order valence-electron chi connectivity index (χ0n) is 9.01. The van der Waals surface area contributed by atoms with Gasteiger partial charge in [0, 0.05) is 6.07 Å². The Bertz CT molecular complexity index is 468. The van der Waals surface area contributed by atoms with E-state index in [1.165, 1.54) is 12.1 Å². The van der Waals surface area contributed by atoms with E-state index in [0.29, 0.717) is 0 Å². The molecule has 0 aromatic heterocycles. The van der Waals surface area contributed by atoms with Crippen LogP contribution in [0.15, 0.2) is 18.2 Å². The Labute approximate surface area is 127 Å². The number of carbonyl (C=O) groups is 1. The molecule has 0 saturated carbocycles. The van der Waals surface area contributed by atoms with Crippen molar-refractivity contribution >= 4 is 51.6 Å². The fourth-order valence-corrected chi connectivity index (χ4v) is 1.31. The van der Waals surface area contributed by atoms with Gasteiger partial charge in [0.15, 0.2) is 6.61 Å². The largest absolute Gasteiger partial charge is 0.483 e. The Morgan fingerprint density at radius 2 is 2.00 bits per heavy atom. The summed E-state index contributed by atoms with van der Waals surface area (Å²) in [5.41, 5.74) is 0. The van der Waals surface area contributed by atoms with Crippen LogP contribution in [-0.4, -0.2) is 22.8 Å². The van der Waals surface area contributed by atoms with Crippen LogP contribution in [0.25, 0.3) is 0 Å². The second-order valence-electron chi connectivity index (χ2n) is 3.20. The lowest BCUT2D eigenvalue weighted by atomic mass is 10.3. The molecule has 3 nitrogen and oxygen atoms in total. The van der Waals surface area contributed by atoms with Crippen molar-refractivity contribution in [2.75, 3.05) is 6.61 Å². The van der Waals surface area contributed by atoms with E-state index in [1.54, 1.807) is 0 Å². The maximum Gasteiger partial charge on any atom is 0.428 e. The predicted octanol–water partition coefficient (Wildman–Crippen LogP) is 4.26. The SMILES string of the molecule is O=C(Cl)COc1cc(OC(F)(F)C(Cl)Cl)ccc1Cl. The van der Waals surface area contributed by atoms with Crippen LogP contribution >= 0.6 is 46.4 Å². The fraction of sp³-hybridized carbons (Fsp3) is 0.300. The summed E-state index contributed by atoms with van der Waals surface area (Å²) in [7, 11) is 0. The van der Waals surface area contributed by atoms with Crippen molar-refractivity contribution < 1.29 is 23.0 Å². The van der Waals surface area contributed by atoms with Gasteiger partial charge in [-0.15, -0.1) is 0 Å². The van der Waals surface area contributed by atoms with E-state index < -0.39 is 22.8 Å². The standard InChI is InChI=1S/C10H6Cl4F2O3/c11-6-2-1-5(19-10(15,16)9(13)14)3-7(6)18-4-8(12)17/h1-3,9H,4H2. The Kier molecular flexibility index (Phi) is 5.92. The second-order valence-corrected chi connectivity index (χ2v) is 5.13. The van der Waals surface area contributed by atoms with E-state index in [-0.39, 0.29) is 16.5 Å². The van der Waals surface area contributed by atoms with Crippen LogP contribution in [0.3, 0.4) is 0 Å². The Balaban J connectivity index is 2.87. The number of hydrogen-bond acceptors (Lipinski definition) is 3. The average Bonchev–Trinajstić information content (AvgIpc) is 2.29. The van der Waals surface area contributed by atoms with E-state index in [4.69, 9.17) is 51.1 Å². The maximum absolute atomic E-state index is 13.1. The molecule has 0 saturated heterocycles. The van der Waals surface area contributed by atoms with E-state index >= 15 is 0 Å². The number of ether oxygens (including phenoxy) is 2. The quantitative estimate of drug-likeness (QED) is 0.566. The fourth-order valence-electron chi connectivity index (χ4n) is 0.994. The molecular formula is C10H6Cl4F2O3. The molecular weight excluding hydrogens is 348 g/mol. The van der Waals surface area contributed by atoms with Crippen LogP contribution in [0.4, 0.5) is 8.78 Å². The van der Waals surface area contributed by atoms with Crippen molar-refractivity contribution in [2.24, 2.45) is 0 Å². The van der Waals surface area contributed by atoms with Crippen LogP contribution in [0, 0.1) is 0 Å². The molecule has 0 radical (unpaired) electrons. The summed E-state index contributed by atoms with van der Waals surface area (Å²) in [6, 6.07) is 3.48. The second kappa shape index (κ2) is 6.79. The van der Waals surface area contributed by atoms with Crippen molar-refractivity contribution in [3.63, 3.8) is 0 Å². The molecule has 0 fully saturated rings. The molecule has 0 aliphatic rings. The van der Waals surface area contributed by atoms with Gasteiger partial charge in [-0.2, -0.15) is 8.78 Å². The number of carbonyl (C=O) groups excluding carboxylic acids is 1. The first kappa shape index (κ1) is 16.6. The summed E-state index contributed by atoms with van der Waals surface area (Å²) in [5.74, 6) is -0.317. The van der Waals surface area contributed by atoms with E-state index in [2.05, 4.69) is 4.74 Å². The molecule has 0 heterocycles. The third-order valence-corrected chi connectivity index (χ3v) is 2.68. The average molecular weight is 354 g/mol. The predicted molar refractivity (Wildman–Crippen MR) is 68.9 cm³/mol. The van der Waals surface area contributed by atoms with Gasteiger partial charge in [0.1, 0.15) is 11.5 Å². The number of alkyl halides is 4. The molecule has 0 bridgehead atoms. The molecule has 9 heteroatoms. The minimum Gasteiger partial charge on any atom is -0.483 e. The summed E-state index contributed by atoms with van der Waals surface area (Å²) in [5, 5.41) is -0.670. The van der Waals surface area contributed by atoms with Crippen LogP contribution in [0.5, 0.6) is 11.5 Å². The molecule has 0 atom stereocenters. The molecule has 0 aliphatic heterocycles. The molecule has 1 aromatic carbocycles. The van der Waals surface area contributed by atoms with Gasteiger partial charge in [-0.1, -0.05) is 34.8 Å². The Morgan fingerprint density at radius 1 is 1.37 bits per heavy atom. The Hall–Kier alpha value is -0.490. The minimum absolute atomic E-state index is 0.0374. The first-order chi connectivity index (χ1) is 8.72. The molecule has 1 aromatic rings. The highest BCUT2D eigenvalue weighted by Crippen LogP contribution is 2.34. The highest BCUT2D eigenvalue weighted by molar-refractivity contribution is 6.63. The van der Waals surface area contributed by atoms with E-state index in [1.807, 2.05) is 0 Å². The smallest absolute Gasteiger partial charge is 0.428 e. The highest BCUT2D eigenvalue weighted by atomic mass is 35.5. The van der Waals surface area contributed by atoms with Crippen LogP contribution in [0.2, 0.25) is 5.02 Å². The van der Waals surface area contributed by atoms with Crippen LogP contribution in [0.1, 0.15) is 0 Å². The van der Waals surface area contributed by atoms with Gasteiger partial charge in [-0.25, -0.2) is 0 Å². The number of hydrogen-bond donors (Lipinski definition) is 0. The summed E-state index contributed by atoms with van der Waals surface area (Å²) in [4.78, 5) is 8.50. The van der Waals surface area contributed by atoms with Crippen LogP contribution in [-0.2, 0) is 4.79 Å². The number of rotatable bonds is 6. The van der Waals surface area contributed by atoms with E-state index in [9.17, 15) is 13.6 Å². The lowest BCUT2D eigenvalue weighted by Crippen LogP contribution is -2.32. The zero-order valence-corrected chi connectivity index (χ0v) is 12.0. The van der Waals surface area contributed by atoms with Gasteiger partial charge in [0.25, 0.3) is 5.24 Å². The van der Waals surface area contributed by atoms with Gasteiger partial charge in [0.05, 0.1) is 5.02 Å². The van der Waals surface area contributed by atoms with Gasteiger partial charge < -0.3 is 9.47 Å². The lowest BCUT2D eigenvalue weighted by Gasteiger charge is -2.19. The maximum atomic E-state index is 13.1. The van der Waals surface area contributed by atoms with Gasteiger partial charge in [-0.05, 0) is 23.7 Å².